The Labute approximate surface area is 148 Å². The lowest BCUT2D eigenvalue weighted by Gasteiger charge is -2.50. The van der Waals surface area contributed by atoms with E-state index in [0.717, 1.165) is 0 Å². The summed E-state index contributed by atoms with van der Waals surface area (Å²) in [5, 5.41) is 0. The van der Waals surface area contributed by atoms with E-state index in [1.54, 1.807) is 0 Å². The van der Waals surface area contributed by atoms with E-state index in [9.17, 15) is 0 Å². The van der Waals surface area contributed by atoms with Gasteiger partial charge in [0, 0.05) is 30.7 Å². The van der Waals surface area contributed by atoms with Gasteiger partial charge in [0.05, 0.1) is 6.17 Å². The smallest absolute Gasteiger partial charge is 0.112 e. The molecule has 0 aliphatic carbocycles. The van der Waals surface area contributed by atoms with Crippen LogP contribution in [0.15, 0.2) is 0 Å². The second-order valence-corrected chi connectivity index (χ2v) is 21.4. The van der Waals surface area contributed by atoms with Gasteiger partial charge in [-0.3, -0.25) is 9.80 Å². The zero-order valence-electron chi connectivity index (χ0n) is 18.0. The largest absolute Gasteiger partial charge is 0.343 e. The van der Waals surface area contributed by atoms with Gasteiger partial charge in [-0.1, -0.05) is 39.3 Å². The summed E-state index contributed by atoms with van der Waals surface area (Å²) in [6, 6.07) is 0. The highest BCUT2D eigenvalue weighted by Crippen LogP contribution is 2.32. The van der Waals surface area contributed by atoms with E-state index in [1.807, 2.05) is 0 Å². The Bertz CT molecular complexity index is 360. The van der Waals surface area contributed by atoms with Crippen LogP contribution in [0.3, 0.4) is 0 Å². The van der Waals surface area contributed by atoms with Gasteiger partial charge in [0.25, 0.3) is 0 Å². The fourth-order valence-corrected chi connectivity index (χ4v) is 13.6. The maximum absolute atomic E-state index is 2.95. The van der Waals surface area contributed by atoms with Crippen LogP contribution in [0, 0.1) is 0 Å². The van der Waals surface area contributed by atoms with E-state index < -0.39 is 16.5 Å². The van der Waals surface area contributed by atoms with E-state index in [2.05, 4.69) is 94.9 Å². The maximum atomic E-state index is 2.95. The summed E-state index contributed by atoms with van der Waals surface area (Å²) in [6.45, 7) is 32.9. The molecule has 138 valence electrons. The zero-order valence-corrected chi connectivity index (χ0v) is 20.0. The van der Waals surface area contributed by atoms with Crippen LogP contribution in [0.1, 0.15) is 41.5 Å². The molecule has 0 bridgehead atoms. The van der Waals surface area contributed by atoms with Crippen molar-refractivity contribution >= 4 is 16.5 Å². The van der Waals surface area contributed by atoms with Crippen LogP contribution in [0.2, 0.25) is 39.3 Å². The molecule has 0 aromatic carbocycles. The molecule has 0 N–H and O–H groups in total. The summed E-state index contributed by atoms with van der Waals surface area (Å²) >= 11 is 0. The Morgan fingerprint density at radius 2 is 1.04 bits per heavy atom. The first-order chi connectivity index (χ1) is 9.95. The lowest BCUT2D eigenvalue weighted by Crippen LogP contribution is -2.66. The summed E-state index contributed by atoms with van der Waals surface area (Å²) in [4.78, 5) is 5.48. The van der Waals surface area contributed by atoms with E-state index in [0.29, 0.717) is 6.17 Å². The molecule has 0 aromatic rings. The molecule has 0 spiro atoms. The highest BCUT2D eigenvalue weighted by molar-refractivity contribution is 6.89. The highest BCUT2D eigenvalue weighted by Gasteiger charge is 2.45. The van der Waals surface area contributed by atoms with E-state index in [-0.39, 0.29) is 11.1 Å². The minimum absolute atomic E-state index is 0.231. The van der Waals surface area contributed by atoms with Crippen molar-refractivity contribution in [2.24, 2.45) is 0 Å². The maximum Gasteiger partial charge on any atom is 0.112 e. The van der Waals surface area contributed by atoms with Crippen molar-refractivity contribution in [1.82, 2.24) is 14.0 Å². The average Bonchev–Trinajstić information content (AvgIpc) is 2.64. The van der Waals surface area contributed by atoms with Crippen molar-refractivity contribution in [1.29, 1.82) is 0 Å². The van der Waals surface area contributed by atoms with Gasteiger partial charge in [-0.05, 0) is 41.5 Å². The zero-order chi connectivity index (χ0) is 18.4. The number of rotatable bonds is 4. The molecule has 0 amide bonds. The monoisotopic (exact) mass is 357 g/mol. The van der Waals surface area contributed by atoms with E-state index in [1.165, 1.54) is 19.6 Å². The fraction of sp³-hybridized carbons (Fsp3) is 1.00. The Kier molecular flexibility index (Phi) is 6.09. The van der Waals surface area contributed by atoms with Gasteiger partial charge in [-0.15, -0.1) is 0 Å². The molecular formula is C18H43N3Si2. The quantitative estimate of drug-likeness (QED) is 0.686. The van der Waals surface area contributed by atoms with Crippen LogP contribution >= 0.6 is 0 Å². The van der Waals surface area contributed by atoms with Crippen molar-refractivity contribution in [2.75, 3.05) is 19.6 Å². The van der Waals surface area contributed by atoms with Crippen molar-refractivity contribution in [3.8, 4) is 0 Å². The van der Waals surface area contributed by atoms with Gasteiger partial charge in [-0.25, -0.2) is 0 Å². The molecule has 1 aliphatic heterocycles. The Morgan fingerprint density at radius 3 is 1.26 bits per heavy atom. The molecule has 1 aliphatic rings. The van der Waals surface area contributed by atoms with Gasteiger partial charge in [0.15, 0.2) is 0 Å². The normalized spacial score (nSPS) is 20.7. The molecule has 0 radical (unpaired) electrons. The van der Waals surface area contributed by atoms with Gasteiger partial charge in [-0.2, -0.15) is 0 Å². The first kappa shape index (κ1) is 21.4. The summed E-state index contributed by atoms with van der Waals surface area (Å²) in [6.07, 6.45) is 0.536. The predicted octanol–water partition coefficient (Wildman–Crippen LogP) is 4.50. The molecule has 23 heavy (non-hydrogen) atoms. The van der Waals surface area contributed by atoms with E-state index >= 15 is 0 Å². The van der Waals surface area contributed by atoms with Crippen LogP contribution in [0.5, 0.6) is 0 Å². The highest BCUT2D eigenvalue weighted by atomic mass is 28.4. The topological polar surface area (TPSA) is 9.72 Å². The van der Waals surface area contributed by atoms with Crippen LogP contribution in [0.4, 0.5) is 0 Å². The third kappa shape index (κ3) is 5.39. The minimum atomic E-state index is -1.33. The molecule has 0 saturated carbocycles. The molecule has 0 aromatic heterocycles. The average molecular weight is 358 g/mol. The number of hydrogen-bond donors (Lipinski definition) is 0. The molecular weight excluding hydrogens is 314 g/mol. The SMILES string of the molecule is CC(C)(C)N1CCN(C(C)(C)C)C1CN([Si](C)(C)C)[Si](C)(C)C. The second-order valence-electron chi connectivity index (χ2n) is 11.2. The number of nitrogens with zero attached hydrogens (tertiary/aromatic N) is 3. The Morgan fingerprint density at radius 1 is 0.739 bits per heavy atom. The van der Waals surface area contributed by atoms with Crippen molar-refractivity contribution < 1.29 is 0 Å². The Hall–Kier alpha value is 0.314. The van der Waals surface area contributed by atoms with Gasteiger partial charge >= 0.3 is 0 Å². The molecule has 1 saturated heterocycles. The summed E-state index contributed by atoms with van der Waals surface area (Å²) in [5.74, 6) is 0. The molecule has 5 heteroatoms. The second kappa shape index (κ2) is 6.56. The molecule has 3 nitrogen and oxygen atoms in total. The third-order valence-electron chi connectivity index (χ3n) is 4.99. The molecule has 1 rings (SSSR count). The summed E-state index contributed by atoms with van der Waals surface area (Å²) in [5.41, 5.74) is 0.463. The van der Waals surface area contributed by atoms with Gasteiger partial charge in [0.1, 0.15) is 16.5 Å². The summed E-state index contributed by atoms with van der Waals surface area (Å²) < 4.78 is 2.95. The predicted molar refractivity (Wildman–Crippen MR) is 110 cm³/mol. The van der Waals surface area contributed by atoms with Gasteiger partial charge < -0.3 is 4.23 Å². The molecule has 1 fully saturated rings. The third-order valence-corrected chi connectivity index (χ3v) is 12.6. The lowest BCUT2D eigenvalue weighted by atomic mass is 10.0. The minimum Gasteiger partial charge on any atom is -0.343 e. The van der Waals surface area contributed by atoms with Crippen molar-refractivity contribution in [2.45, 2.75) is 98.1 Å². The number of hydrogen-bond acceptors (Lipinski definition) is 3. The lowest BCUT2D eigenvalue weighted by molar-refractivity contribution is 0.0137. The van der Waals surface area contributed by atoms with Crippen molar-refractivity contribution in [3.63, 3.8) is 0 Å². The molecule has 1 heterocycles. The summed E-state index contributed by atoms with van der Waals surface area (Å²) in [7, 11) is -2.65. The Balaban J connectivity index is 3.19. The van der Waals surface area contributed by atoms with Gasteiger partial charge in [0.2, 0.25) is 0 Å². The van der Waals surface area contributed by atoms with E-state index in [4.69, 9.17) is 0 Å². The van der Waals surface area contributed by atoms with Crippen LogP contribution in [-0.2, 0) is 0 Å². The first-order valence-electron chi connectivity index (χ1n) is 9.27. The van der Waals surface area contributed by atoms with Crippen LogP contribution in [0.25, 0.3) is 0 Å². The standard InChI is InChI=1S/C18H43N3Si2/c1-17(2,3)19-13-14-20(18(4,5)6)16(19)15-21(22(7,8)9)23(10,11)12/h16H,13-15H2,1-12H3. The van der Waals surface area contributed by atoms with Crippen LogP contribution in [-0.4, -0.2) is 67.4 Å². The van der Waals surface area contributed by atoms with Crippen LogP contribution < -0.4 is 0 Å². The molecule has 0 atom stereocenters. The fourth-order valence-electron chi connectivity index (χ4n) is 4.16. The first-order valence-corrected chi connectivity index (χ1v) is 16.2. The van der Waals surface area contributed by atoms with Crippen molar-refractivity contribution in [3.05, 3.63) is 0 Å². The molecule has 0 unspecified atom stereocenters.